The molecule has 0 saturated heterocycles. The lowest BCUT2D eigenvalue weighted by atomic mass is 9.93. The number of thioether (sulfide) groups is 1. The van der Waals surface area contributed by atoms with E-state index in [2.05, 4.69) is 10.3 Å². The zero-order valence-corrected chi connectivity index (χ0v) is 20.1. The Kier molecular flexibility index (Phi) is 6.93. The number of hydrogen-bond donors (Lipinski definition) is 1. The minimum atomic E-state index is -0.550. The Morgan fingerprint density at radius 1 is 1.06 bits per heavy atom. The van der Waals surface area contributed by atoms with Crippen LogP contribution in [0.1, 0.15) is 24.9 Å². The van der Waals surface area contributed by atoms with E-state index >= 15 is 0 Å². The average Bonchev–Trinajstić information content (AvgIpc) is 3.24. The Balaban J connectivity index is 1.66. The third-order valence-corrected chi connectivity index (χ3v) is 6.44. The second-order valence-electron chi connectivity index (χ2n) is 7.58. The maximum absolute atomic E-state index is 12.9. The summed E-state index contributed by atoms with van der Waals surface area (Å²) in [5.41, 5.74) is 3.14. The Morgan fingerprint density at radius 2 is 1.79 bits per heavy atom. The van der Waals surface area contributed by atoms with Gasteiger partial charge >= 0.3 is 5.97 Å². The standard InChI is InChI=1S/C25H25N3O5S/c1-15-22(24(30)33-4)23(19-7-5-6-8-20(19)32-3)28-17(14-34-25(28)26-15)13-21(29)27-16-9-11-18(31-2)12-10-16/h5-12,14,23H,13H2,1-4H3,(H,27,29)/t23-/m1/s1. The third kappa shape index (κ3) is 4.51. The van der Waals surface area contributed by atoms with Gasteiger partial charge in [0.05, 0.1) is 45.1 Å². The fourth-order valence-corrected chi connectivity index (χ4v) is 4.94. The largest absolute Gasteiger partial charge is 0.497 e. The number of amidine groups is 1. The highest BCUT2D eigenvalue weighted by Gasteiger charge is 2.42. The van der Waals surface area contributed by atoms with Gasteiger partial charge in [0.25, 0.3) is 0 Å². The van der Waals surface area contributed by atoms with Gasteiger partial charge in [-0.3, -0.25) is 4.79 Å². The van der Waals surface area contributed by atoms with Crippen molar-refractivity contribution in [3.05, 3.63) is 76.5 Å². The quantitative estimate of drug-likeness (QED) is 0.586. The maximum atomic E-state index is 12.9. The Labute approximate surface area is 202 Å². The van der Waals surface area contributed by atoms with Crippen LogP contribution in [-0.2, 0) is 14.3 Å². The molecule has 0 fully saturated rings. The number of esters is 1. The number of allylic oxidation sites excluding steroid dienone is 1. The van der Waals surface area contributed by atoms with Gasteiger partial charge in [-0.05, 0) is 42.7 Å². The first-order valence-electron chi connectivity index (χ1n) is 10.6. The summed E-state index contributed by atoms with van der Waals surface area (Å²) in [6.45, 7) is 1.79. The van der Waals surface area contributed by atoms with Gasteiger partial charge in [-0.2, -0.15) is 0 Å². The summed E-state index contributed by atoms with van der Waals surface area (Å²) in [7, 11) is 4.52. The van der Waals surface area contributed by atoms with Crippen LogP contribution in [0.2, 0.25) is 0 Å². The summed E-state index contributed by atoms with van der Waals surface area (Å²) in [6.07, 6.45) is 0.0944. The molecule has 176 valence electrons. The molecule has 2 heterocycles. The van der Waals surface area contributed by atoms with Crippen molar-refractivity contribution < 1.29 is 23.8 Å². The van der Waals surface area contributed by atoms with Gasteiger partial charge in [-0.1, -0.05) is 30.0 Å². The summed E-state index contributed by atoms with van der Waals surface area (Å²) < 4.78 is 15.9. The van der Waals surface area contributed by atoms with Crippen LogP contribution in [0.25, 0.3) is 0 Å². The number of hydrogen-bond acceptors (Lipinski definition) is 8. The number of fused-ring (bicyclic) bond motifs is 1. The average molecular weight is 480 g/mol. The molecular formula is C25H25N3O5S. The van der Waals surface area contributed by atoms with Crippen LogP contribution < -0.4 is 14.8 Å². The molecule has 2 aliphatic heterocycles. The zero-order chi connectivity index (χ0) is 24.2. The summed E-state index contributed by atoms with van der Waals surface area (Å²) in [4.78, 5) is 32.3. The fraction of sp³-hybridized carbons (Fsp3) is 0.240. The number of para-hydroxylation sites is 1. The number of rotatable bonds is 7. The zero-order valence-electron chi connectivity index (χ0n) is 19.3. The molecule has 0 aliphatic carbocycles. The molecule has 1 atom stereocenters. The van der Waals surface area contributed by atoms with Gasteiger partial charge in [-0.25, -0.2) is 9.79 Å². The fourth-order valence-electron chi connectivity index (χ4n) is 3.97. The molecule has 9 heteroatoms. The molecule has 0 aromatic heterocycles. The number of carbonyl (C=O) groups is 2. The van der Waals surface area contributed by atoms with Crippen LogP contribution in [0.4, 0.5) is 5.69 Å². The number of amides is 1. The van der Waals surface area contributed by atoms with E-state index in [0.717, 1.165) is 11.3 Å². The number of benzene rings is 2. The highest BCUT2D eigenvalue weighted by molar-refractivity contribution is 8.16. The minimum absolute atomic E-state index is 0.0944. The summed E-state index contributed by atoms with van der Waals surface area (Å²) >= 11 is 1.41. The van der Waals surface area contributed by atoms with Crippen molar-refractivity contribution in [3.8, 4) is 11.5 Å². The monoisotopic (exact) mass is 479 g/mol. The van der Waals surface area contributed by atoms with Crippen molar-refractivity contribution in [1.82, 2.24) is 4.90 Å². The number of ether oxygens (including phenoxy) is 3. The van der Waals surface area contributed by atoms with Crippen LogP contribution in [0.3, 0.4) is 0 Å². The van der Waals surface area contributed by atoms with Crippen LogP contribution in [-0.4, -0.2) is 43.3 Å². The predicted molar refractivity (Wildman–Crippen MR) is 132 cm³/mol. The Bertz CT molecular complexity index is 1200. The molecule has 0 saturated carbocycles. The molecule has 4 rings (SSSR count). The number of aliphatic imine (C=N–C) groups is 1. The van der Waals surface area contributed by atoms with E-state index < -0.39 is 12.0 Å². The smallest absolute Gasteiger partial charge is 0.338 e. The molecule has 0 radical (unpaired) electrons. The first kappa shape index (κ1) is 23.4. The molecule has 0 spiro atoms. The normalized spacial score (nSPS) is 16.9. The van der Waals surface area contributed by atoms with Gasteiger partial charge in [0.1, 0.15) is 11.5 Å². The highest BCUT2D eigenvalue weighted by atomic mass is 32.2. The van der Waals surface area contributed by atoms with Gasteiger partial charge in [-0.15, -0.1) is 0 Å². The lowest BCUT2D eigenvalue weighted by Gasteiger charge is -2.36. The van der Waals surface area contributed by atoms with E-state index in [1.807, 2.05) is 34.6 Å². The van der Waals surface area contributed by atoms with Crippen LogP contribution in [0, 0.1) is 0 Å². The SMILES string of the molecule is COC(=O)C1=C(C)N=C2SC=C(CC(=O)Nc3ccc(OC)cc3)N2[C@@H]1c1ccccc1OC. The molecule has 1 N–H and O–H groups in total. The number of carbonyl (C=O) groups excluding carboxylic acids is 2. The molecule has 1 amide bonds. The van der Waals surface area contributed by atoms with E-state index in [0.29, 0.717) is 33.6 Å². The molecule has 2 aromatic carbocycles. The highest BCUT2D eigenvalue weighted by Crippen LogP contribution is 2.46. The van der Waals surface area contributed by atoms with Crippen molar-refractivity contribution >= 4 is 34.5 Å². The van der Waals surface area contributed by atoms with Crippen molar-refractivity contribution in [2.75, 3.05) is 26.6 Å². The molecule has 2 aromatic rings. The Hall–Kier alpha value is -3.72. The first-order chi connectivity index (χ1) is 16.5. The summed E-state index contributed by atoms with van der Waals surface area (Å²) in [5.74, 6) is 0.666. The molecule has 34 heavy (non-hydrogen) atoms. The van der Waals surface area contributed by atoms with Gasteiger partial charge in [0.15, 0.2) is 5.17 Å². The second-order valence-corrected chi connectivity index (χ2v) is 8.42. The van der Waals surface area contributed by atoms with E-state index in [1.165, 1.54) is 18.9 Å². The lowest BCUT2D eigenvalue weighted by Crippen LogP contribution is -2.37. The van der Waals surface area contributed by atoms with Crippen molar-refractivity contribution in [3.63, 3.8) is 0 Å². The predicted octanol–water partition coefficient (Wildman–Crippen LogP) is 4.48. The van der Waals surface area contributed by atoms with Crippen molar-refractivity contribution in [1.29, 1.82) is 0 Å². The maximum Gasteiger partial charge on any atom is 0.338 e. The minimum Gasteiger partial charge on any atom is -0.497 e. The lowest BCUT2D eigenvalue weighted by molar-refractivity contribution is -0.136. The van der Waals surface area contributed by atoms with Crippen LogP contribution in [0.5, 0.6) is 11.5 Å². The molecule has 0 unspecified atom stereocenters. The van der Waals surface area contributed by atoms with E-state index in [1.54, 1.807) is 45.4 Å². The molecule has 2 aliphatic rings. The number of methoxy groups -OCH3 is 3. The molecular weight excluding hydrogens is 454 g/mol. The number of nitrogens with one attached hydrogen (secondary N) is 1. The second kappa shape index (κ2) is 10.0. The van der Waals surface area contributed by atoms with Gasteiger partial charge < -0.3 is 24.4 Å². The summed E-state index contributed by atoms with van der Waals surface area (Å²) in [6, 6.07) is 14.1. The van der Waals surface area contributed by atoms with Crippen molar-refractivity contribution in [2.45, 2.75) is 19.4 Å². The third-order valence-electron chi connectivity index (χ3n) is 5.55. The number of anilines is 1. The first-order valence-corrected chi connectivity index (χ1v) is 11.4. The summed E-state index contributed by atoms with van der Waals surface area (Å²) in [5, 5.41) is 5.49. The van der Waals surface area contributed by atoms with Crippen LogP contribution >= 0.6 is 11.8 Å². The topological polar surface area (TPSA) is 89.5 Å². The molecule has 0 bridgehead atoms. The van der Waals surface area contributed by atoms with Gasteiger partial charge in [0.2, 0.25) is 5.91 Å². The van der Waals surface area contributed by atoms with E-state index in [9.17, 15) is 9.59 Å². The Morgan fingerprint density at radius 3 is 2.47 bits per heavy atom. The number of nitrogens with zero attached hydrogens (tertiary/aromatic N) is 2. The van der Waals surface area contributed by atoms with E-state index in [4.69, 9.17) is 14.2 Å². The van der Waals surface area contributed by atoms with Crippen molar-refractivity contribution in [2.24, 2.45) is 4.99 Å². The van der Waals surface area contributed by atoms with Crippen LogP contribution in [0.15, 0.2) is 75.9 Å². The molecule has 8 nitrogen and oxygen atoms in total. The van der Waals surface area contributed by atoms with E-state index in [-0.39, 0.29) is 12.3 Å². The van der Waals surface area contributed by atoms with Gasteiger partial charge in [0, 0.05) is 16.9 Å².